The molecule has 1 rings (SSSR count). The van der Waals surface area contributed by atoms with Crippen molar-refractivity contribution in [1.29, 1.82) is 0 Å². The van der Waals surface area contributed by atoms with E-state index in [0.29, 0.717) is 6.54 Å². The van der Waals surface area contributed by atoms with Gasteiger partial charge in [-0.1, -0.05) is 37.3 Å². The third-order valence-corrected chi connectivity index (χ3v) is 2.94. The number of carboxylic acids is 1. The average Bonchev–Trinajstić information content (AvgIpc) is 2.44. The lowest BCUT2D eigenvalue weighted by molar-refractivity contribution is -0.139. The number of rotatable bonds is 7. The fraction of sp³-hybridized carbons (Fsp3) is 0.333. The first-order valence-corrected chi connectivity index (χ1v) is 6.53. The topological polar surface area (TPSA) is 78.4 Å². The molecule has 0 radical (unpaired) electrons. The highest BCUT2D eigenvalue weighted by molar-refractivity contribution is 5.82. The summed E-state index contributed by atoms with van der Waals surface area (Å²) in [5, 5.41) is 14.0. The summed E-state index contributed by atoms with van der Waals surface area (Å²) in [5.41, 5.74) is 2.19. The molecule has 2 amide bonds. The molecule has 0 spiro atoms. The molecular formula is C15H20N2O3. The zero-order valence-electron chi connectivity index (χ0n) is 11.6. The average molecular weight is 276 g/mol. The standard InChI is InChI=1S/C15H20N2O3/c1-3-7-13(14(18)19)17-15(20)16-10-12-9-6-5-8-11(12)4-2/h3,5-6,8-9,13H,1,4,7,10H2,2H3,(H,18,19)(H2,16,17,20). The van der Waals surface area contributed by atoms with Crippen molar-refractivity contribution in [2.45, 2.75) is 32.4 Å². The Balaban J connectivity index is 2.54. The number of amides is 2. The van der Waals surface area contributed by atoms with Gasteiger partial charge < -0.3 is 15.7 Å². The Kier molecular flexibility index (Phi) is 6.29. The van der Waals surface area contributed by atoms with Crippen molar-refractivity contribution < 1.29 is 14.7 Å². The van der Waals surface area contributed by atoms with Crippen LogP contribution in [0, 0.1) is 0 Å². The Hall–Kier alpha value is -2.30. The number of nitrogens with one attached hydrogen (secondary N) is 2. The van der Waals surface area contributed by atoms with Crippen molar-refractivity contribution in [1.82, 2.24) is 10.6 Å². The van der Waals surface area contributed by atoms with Crippen molar-refractivity contribution in [3.8, 4) is 0 Å². The molecule has 0 aromatic heterocycles. The molecule has 20 heavy (non-hydrogen) atoms. The molecule has 5 nitrogen and oxygen atoms in total. The maximum Gasteiger partial charge on any atom is 0.326 e. The minimum absolute atomic E-state index is 0.189. The number of carbonyl (C=O) groups is 2. The van der Waals surface area contributed by atoms with E-state index in [0.717, 1.165) is 17.5 Å². The van der Waals surface area contributed by atoms with Crippen LogP contribution >= 0.6 is 0 Å². The monoisotopic (exact) mass is 276 g/mol. The molecular weight excluding hydrogens is 256 g/mol. The van der Waals surface area contributed by atoms with E-state index in [9.17, 15) is 9.59 Å². The van der Waals surface area contributed by atoms with Gasteiger partial charge in [0.1, 0.15) is 6.04 Å². The van der Waals surface area contributed by atoms with Crippen molar-refractivity contribution in [3.63, 3.8) is 0 Å². The smallest absolute Gasteiger partial charge is 0.326 e. The van der Waals surface area contributed by atoms with Gasteiger partial charge >= 0.3 is 12.0 Å². The van der Waals surface area contributed by atoms with Crippen LogP contribution in [0.2, 0.25) is 0 Å². The van der Waals surface area contributed by atoms with Gasteiger partial charge in [0, 0.05) is 6.54 Å². The van der Waals surface area contributed by atoms with Gasteiger partial charge in [-0.05, 0) is 24.0 Å². The van der Waals surface area contributed by atoms with E-state index in [1.807, 2.05) is 31.2 Å². The fourth-order valence-corrected chi connectivity index (χ4v) is 1.85. The lowest BCUT2D eigenvalue weighted by atomic mass is 10.1. The first-order chi connectivity index (χ1) is 9.58. The van der Waals surface area contributed by atoms with Crippen molar-refractivity contribution in [2.24, 2.45) is 0 Å². The summed E-state index contributed by atoms with van der Waals surface area (Å²) in [7, 11) is 0. The van der Waals surface area contributed by atoms with Crippen LogP contribution in [0.1, 0.15) is 24.5 Å². The second-order valence-corrected chi connectivity index (χ2v) is 4.36. The van der Waals surface area contributed by atoms with Crippen LogP contribution in [0.25, 0.3) is 0 Å². The van der Waals surface area contributed by atoms with Crippen LogP contribution < -0.4 is 10.6 Å². The van der Waals surface area contributed by atoms with Crippen LogP contribution in [0.15, 0.2) is 36.9 Å². The molecule has 108 valence electrons. The summed E-state index contributed by atoms with van der Waals surface area (Å²) >= 11 is 0. The summed E-state index contributed by atoms with van der Waals surface area (Å²) < 4.78 is 0. The van der Waals surface area contributed by atoms with E-state index in [1.165, 1.54) is 6.08 Å². The highest BCUT2D eigenvalue weighted by Gasteiger charge is 2.17. The second kappa shape index (κ2) is 7.99. The highest BCUT2D eigenvalue weighted by Crippen LogP contribution is 2.08. The zero-order chi connectivity index (χ0) is 15.0. The van der Waals surface area contributed by atoms with E-state index in [1.54, 1.807) is 0 Å². The summed E-state index contributed by atoms with van der Waals surface area (Å²) in [6, 6.07) is 6.36. The maximum absolute atomic E-state index is 11.7. The normalized spacial score (nSPS) is 11.4. The first-order valence-electron chi connectivity index (χ1n) is 6.53. The largest absolute Gasteiger partial charge is 0.480 e. The highest BCUT2D eigenvalue weighted by atomic mass is 16.4. The Morgan fingerprint density at radius 3 is 2.55 bits per heavy atom. The quantitative estimate of drug-likeness (QED) is 0.667. The van der Waals surface area contributed by atoms with Gasteiger partial charge in [0.25, 0.3) is 0 Å². The molecule has 0 heterocycles. The third-order valence-electron chi connectivity index (χ3n) is 2.94. The molecule has 0 aliphatic rings. The lowest BCUT2D eigenvalue weighted by Gasteiger charge is -2.14. The van der Waals surface area contributed by atoms with E-state index in [2.05, 4.69) is 17.2 Å². The Bertz CT molecular complexity index is 486. The summed E-state index contributed by atoms with van der Waals surface area (Å²) in [5.74, 6) is -1.07. The number of carboxylic acid groups (broad SMARTS) is 1. The molecule has 1 aromatic rings. The van der Waals surface area contributed by atoms with Crippen LogP contribution in [-0.2, 0) is 17.8 Å². The van der Waals surface area contributed by atoms with Crippen LogP contribution in [0.4, 0.5) is 4.79 Å². The van der Waals surface area contributed by atoms with Gasteiger partial charge in [0.15, 0.2) is 0 Å². The molecule has 0 aliphatic carbocycles. The molecule has 0 bridgehead atoms. The summed E-state index contributed by atoms with van der Waals surface area (Å²) in [6.45, 7) is 5.89. The number of hydrogen-bond donors (Lipinski definition) is 3. The molecule has 0 aliphatic heterocycles. The van der Waals surface area contributed by atoms with E-state index < -0.39 is 18.0 Å². The first kappa shape index (κ1) is 15.8. The Labute approximate surface area is 118 Å². The number of aliphatic carboxylic acids is 1. The van der Waals surface area contributed by atoms with Crippen molar-refractivity contribution in [3.05, 3.63) is 48.0 Å². The molecule has 1 aromatic carbocycles. The zero-order valence-corrected chi connectivity index (χ0v) is 11.6. The number of aryl methyl sites for hydroxylation is 1. The Morgan fingerprint density at radius 2 is 2.00 bits per heavy atom. The molecule has 1 unspecified atom stereocenters. The molecule has 1 atom stereocenters. The van der Waals surface area contributed by atoms with E-state index >= 15 is 0 Å². The third kappa shape index (κ3) is 4.76. The van der Waals surface area contributed by atoms with Gasteiger partial charge in [0.2, 0.25) is 0 Å². The SMILES string of the molecule is C=CCC(NC(=O)NCc1ccccc1CC)C(=O)O. The van der Waals surface area contributed by atoms with Gasteiger partial charge in [-0.2, -0.15) is 0 Å². The summed E-state index contributed by atoms with van der Waals surface area (Å²) in [6.07, 6.45) is 2.54. The predicted molar refractivity (Wildman–Crippen MR) is 77.4 cm³/mol. The van der Waals surface area contributed by atoms with Gasteiger partial charge in [-0.15, -0.1) is 6.58 Å². The molecule has 0 saturated carbocycles. The molecule has 3 N–H and O–H groups in total. The fourth-order valence-electron chi connectivity index (χ4n) is 1.85. The molecule has 5 heteroatoms. The van der Waals surface area contributed by atoms with Crippen molar-refractivity contribution >= 4 is 12.0 Å². The van der Waals surface area contributed by atoms with Crippen LogP contribution in [0.3, 0.4) is 0 Å². The second-order valence-electron chi connectivity index (χ2n) is 4.36. The number of benzene rings is 1. The van der Waals surface area contributed by atoms with Crippen LogP contribution in [-0.4, -0.2) is 23.1 Å². The Morgan fingerprint density at radius 1 is 1.35 bits per heavy atom. The number of hydrogen-bond acceptors (Lipinski definition) is 2. The van der Waals surface area contributed by atoms with E-state index in [4.69, 9.17) is 5.11 Å². The maximum atomic E-state index is 11.7. The molecule has 0 saturated heterocycles. The minimum atomic E-state index is -1.07. The molecule has 0 fully saturated rings. The van der Waals surface area contributed by atoms with Crippen LogP contribution in [0.5, 0.6) is 0 Å². The van der Waals surface area contributed by atoms with Crippen molar-refractivity contribution in [2.75, 3.05) is 0 Å². The van der Waals surface area contributed by atoms with Gasteiger partial charge in [0.05, 0.1) is 0 Å². The minimum Gasteiger partial charge on any atom is -0.480 e. The lowest BCUT2D eigenvalue weighted by Crippen LogP contribution is -2.45. The predicted octanol–water partition coefficient (Wildman–Crippen LogP) is 2.08. The number of carbonyl (C=O) groups excluding carboxylic acids is 1. The van der Waals surface area contributed by atoms with E-state index in [-0.39, 0.29) is 6.42 Å². The van der Waals surface area contributed by atoms with Gasteiger partial charge in [-0.3, -0.25) is 0 Å². The number of urea groups is 1. The summed E-state index contributed by atoms with van der Waals surface area (Å²) in [4.78, 5) is 22.6. The van der Waals surface area contributed by atoms with Gasteiger partial charge in [-0.25, -0.2) is 9.59 Å².